The van der Waals surface area contributed by atoms with Gasteiger partial charge in [-0.3, -0.25) is 4.79 Å². The molecule has 0 bridgehead atoms. The maximum absolute atomic E-state index is 11.7. The Labute approximate surface area is 101 Å². The zero-order chi connectivity index (χ0) is 12.3. The van der Waals surface area contributed by atoms with Crippen LogP contribution in [0.15, 0.2) is 24.3 Å². The van der Waals surface area contributed by atoms with Gasteiger partial charge in [0.05, 0.1) is 7.11 Å². The highest BCUT2D eigenvalue weighted by Crippen LogP contribution is 2.21. The number of amides is 1. The van der Waals surface area contributed by atoms with E-state index >= 15 is 0 Å². The Morgan fingerprint density at radius 1 is 1.41 bits per heavy atom. The summed E-state index contributed by atoms with van der Waals surface area (Å²) >= 11 is 0. The average Bonchev–Trinajstić information content (AvgIpc) is 3.13. The van der Waals surface area contributed by atoms with E-state index in [0.717, 1.165) is 18.6 Å². The fourth-order valence-corrected chi connectivity index (χ4v) is 1.48. The van der Waals surface area contributed by atoms with Gasteiger partial charge in [0.1, 0.15) is 11.5 Å². The van der Waals surface area contributed by atoms with E-state index in [-0.39, 0.29) is 5.91 Å². The summed E-state index contributed by atoms with van der Waals surface area (Å²) in [5, 5.41) is 2.91. The first-order valence-corrected chi connectivity index (χ1v) is 5.80. The summed E-state index contributed by atoms with van der Waals surface area (Å²) in [5.74, 6) is 1.30. The zero-order valence-electron chi connectivity index (χ0n) is 10.1. The fraction of sp³-hybridized carbons (Fsp3) is 0.462. The second-order valence-corrected chi connectivity index (χ2v) is 4.22. The first-order valence-electron chi connectivity index (χ1n) is 5.80. The zero-order valence-corrected chi connectivity index (χ0v) is 10.1. The Hall–Kier alpha value is -1.71. The van der Waals surface area contributed by atoms with Crippen molar-refractivity contribution < 1.29 is 14.3 Å². The highest BCUT2D eigenvalue weighted by Gasteiger charge is 2.26. The molecule has 1 aromatic carbocycles. The molecule has 4 heteroatoms. The first kappa shape index (κ1) is 11.8. The van der Waals surface area contributed by atoms with Crippen molar-refractivity contribution >= 4 is 5.91 Å². The fourth-order valence-electron chi connectivity index (χ4n) is 1.48. The van der Waals surface area contributed by atoms with Crippen LogP contribution in [0.2, 0.25) is 0 Å². The van der Waals surface area contributed by atoms with Crippen LogP contribution in [-0.2, 0) is 4.79 Å². The van der Waals surface area contributed by atoms with Crippen LogP contribution in [-0.4, -0.2) is 25.2 Å². The van der Waals surface area contributed by atoms with Crippen LogP contribution in [0, 0.1) is 0 Å². The minimum atomic E-state index is -0.484. The maximum atomic E-state index is 11.7. The summed E-state index contributed by atoms with van der Waals surface area (Å²) < 4.78 is 10.6. The predicted octanol–water partition coefficient (Wildman–Crippen LogP) is 1.74. The number of ether oxygens (including phenoxy) is 2. The summed E-state index contributed by atoms with van der Waals surface area (Å²) in [6.45, 7) is 1.75. The van der Waals surface area contributed by atoms with E-state index in [1.165, 1.54) is 0 Å². The van der Waals surface area contributed by atoms with Crippen molar-refractivity contribution in [2.75, 3.05) is 7.11 Å². The summed E-state index contributed by atoms with van der Waals surface area (Å²) in [7, 11) is 1.60. The monoisotopic (exact) mass is 235 g/mol. The van der Waals surface area contributed by atoms with Crippen LogP contribution in [0.25, 0.3) is 0 Å². The molecule has 0 heterocycles. The molecule has 0 radical (unpaired) electrons. The molecule has 1 N–H and O–H groups in total. The topological polar surface area (TPSA) is 47.6 Å². The van der Waals surface area contributed by atoms with Crippen molar-refractivity contribution in [3.63, 3.8) is 0 Å². The number of hydrogen-bond donors (Lipinski definition) is 1. The lowest BCUT2D eigenvalue weighted by atomic mass is 10.3. The van der Waals surface area contributed by atoms with Gasteiger partial charge in [-0.2, -0.15) is 0 Å². The molecular weight excluding hydrogens is 218 g/mol. The molecule has 92 valence electrons. The molecule has 1 amide bonds. The Kier molecular flexibility index (Phi) is 3.52. The van der Waals surface area contributed by atoms with E-state index in [1.807, 2.05) is 18.2 Å². The third kappa shape index (κ3) is 3.37. The molecular formula is C13H17NO3. The molecule has 0 spiro atoms. The molecule has 4 nitrogen and oxygen atoms in total. The molecule has 0 aliphatic heterocycles. The highest BCUT2D eigenvalue weighted by molar-refractivity contribution is 5.81. The van der Waals surface area contributed by atoms with Crippen molar-refractivity contribution in [1.29, 1.82) is 0 Å². The lowest BCUT2D eigenvalue weighted by Crippen LogP contribution is -2.37. The molecule has 1 fully saturated rings. The van der Waals surface area contributed by atoms with Gasteiger partial charge in [-0.1, -0.05) is 6.07 Å². The quantitative estimate of drug-likeness (QED) is 0.845. The Morgan fingerprint density at radius 3 is 2.76 bits per heavy atom. The van der Waals surface area contributed by atoms with Crippen LogP contribution in [0.5, 0.6) is 11.5 Å². The second kappa shape index (κ2) is 5.08. The van der Waals surface area contributed by atoms with Crippen molar-refractivity contribution in [3.05, 3.63) is 24.3 Å². The van der Waals surface area contributed by atoms with Gasteiger partial charge in [-0.05, 0) is 31.9 Å². The Morgan fingerprint density at radius 2 is 2.12 bits per heavy atom. The van der Waals surface area contributed by atoms with Crippen LogP contribution in [0.1, 0.15) is 19.8 Å². The number of hydrogen-bond acceptors (Lipinski definition) is 3. The van der Waals surface area contributed by atoms with E-state index < -0.39 is 6.10 Å². The van der Waals surface area contributed by atoms with Gasteiger partial charge in [0.2, 0.25) is 0 Å². The third-order valence-corrected chi connectivity index (χ3v) is 2.65. The van der Waals surface area contributed by atoms with E-state index in [4.69, 9.17) is 9.47 Å². The summed E-state index contributed by atoms with van der Waals surface area (Å²) in [6.07, 6.45) is 1.68. The number of carbonyl (C=O) groups excluding carboxylic acids is 1. The molecule has 1 aliphatic carbocycles. The smallest absolute Gasteiger partial charge is 0.260 e. The number of benzene rings is 1. The van der Waals surface area contributed by atoms with Crippen LogP contribution < -0.4 is 14.8 Å². The largest absolute Gasteiger partial charge is 0.497 e. The first-order chi connectivity index (χ1) is 8.19. The summed E-state index contributed by atoms with van der Waals surface area (Å²) in [5.41, 5.74) is 0. The van der Waals surface area contributed by atoms with Crippen molar-refractivity contribution in [3.8, 4) is 11.5 Å². The highest BCUT2D eigenvalue weighted by atomic mass is 16.5. The maximum Gasteiger partial charge on any atom is 0.260 e. The molecule has 1 saturated carbocycles. The summed E-state index contributed by atoms with van der Waals surface area (Å²) in [4.78, 5) is 11.7. The van der Waals surface area contributed by atoms with E-state index in [0.29, 0.717) is 11.8 Å². The molecule has 1 aromatic rings. The van der Waals surface area contributed by atoms with Crippen molar-refractivity contribution in [2.24, 2.45) is 0 Å². The number of nitrogens with one attached hydrogen (secondary N) is 1. The van der Waals surface area contributed by atoms with Crippen LogP contribution in [0.4, 0.5) is 0 Å². The predicted molar refractivity (Wildman–Crippen MR) is 64.2 cm³/mol. The molecule has 17 heavy (non-hydrogen) atoms. The van der Waals surface area contributed by atoms with Crippen molar-refractivity contribution in [2.45, 2.75) is 31.9 Å². The molecule has 0 saturated heterocycles. The van der Waals surface area contributed by atoms with Gasteiger partial charge in [0.25, 0.3) is 5.91 Å². The molecule has 1 atom stereocenters. The average molecular weight is 235 g/mol. The molecule has 0 aromatic heterocycles. The number of carbonyl (C=O) groups is 1. The van der Waals surface area contributed by atoms with Gasteiger partial charge in [-0.15, -0.1) is 0 Å². The van der Waals surface area contributed by atoms with Crippen LogP contribution >= 0.6 is 0 Å². The summed E-state index contributed by atoms with van der Waals surface area (Å²) in [6, 6.07) is 7.60. The standard InChI is InChI=1S/C13H17NO3/c1-9(13(15)14-10-6-7-10)17-12-5-3-4-11(8-12)16-2/h3-5,8-10H,6-7H2,1-2H3,(H,14,15)/t9-/m1/s1. The molecule has 2 rings (SSSR count). The lowest BCUT2D eigenvalue weighted by Gasteiger charge is -2.14. The van der Waals surface area contributed by atoms with E-state index in [1.54, 1.807) is 20.1 Å². The van der Waals surface area contributed by atoms with Gasteiger partial charge in [0.15, 0.2) is 6.10 Å². The van der Waals surface area contributed by atoms with E-state index in [2.05, 4.69) is 5.32 Å². The SMILES string of the molecule is COc1cccc(O[C@H](C)C(=O)NC2CC2)c1. The van der Waals surface area contributed by atoms with Gasteiger partial charge in [0, 0.05) is 12.1 Å². The van der Waals surface area contributed by atoms with Crippen LogP contribution in [0.3, 0.4) is 0 Å². The van der Waals surface area contributed by atoms with E-state index in [9.17, 15) is 4.79 Å². The third-order valence-electron chi connectivity index (χ3n) is 2.65. The number of methoxy groups -OCH3 is 1. The lowest BCUT2D eigenvalue weighted by molar-refractivity contribution is -0.127. The molecule has 0 unspecified atom stereocenters. The van der Waals surface area contributed by atoms with Gasteiger partial charge >= 0.3 is 0 Å². The Balaban J connectivity index is 1.91. The minimum Gasteiger partial charge on any atom is -0.497 e. The van der Waals surface area contributed by atoms with Gasteiger partial charge in [-0.25, -0.2) is 0 Å². The molecule has 1 aliphatic rings. The number of rotatable bonds is 5. The normalized spacial score (nSPS) is 16.1. The second-order valence-electron chi connectivity index (χ2n) is 4.22. The minimum absolute atomic E-state index is 0.0599. The van der Waals surface area contributed by atoms with Crippen molar-refractivity contribution in [1.82, 2.24) is 5.32 Å². The van der Waals surface area contributed by atoms with Gasteiger partial charge < -0.3 is 14.8 Å². The Bertz CT molecular complexity index is 401.